The Labute approximate surface area is 122 Å². The highest BCUT2D eigenvalue weighted by molar-refractivity contribution is 9.10. The summed E-state index contributed by atoms with van der Waals surface area (Å²) in [6, 6.07) is 5.66. The van der Waals surface area contributed by atoms with Crippen molar-refractivity contribution in [1.82, 2.24) is 4.90 Å². The maximum Gasteiger partial charge on any atom is 0.254 e. The van der Waals surface area contributed by atoms with Crippen LogP contribution in [0.2, 0.25) is 0 Å². The van der Waals surface area contributed by atoms with Gasteiger partial charge in [0.1, 0.15) is 0 Å². The second-order valence-corrected chi connectivity index (χ2v) is 5.95. The largest absolute Gasteiger partial charge is 0.394 e. The molecule has 1 heterocycles. The Bertz CT molecular complexity index is 461. The Morgan fingerprint density at radius 3 is 2.95 bits per heavy atom. The molecular formula is C15H20BrNO2. The molecular weight excluding hydrogens is 306 g/mol. The van der Waals surface area contributed by atoms with Crippen molar-refractivity contribution in [3.8, 4) is 0 Å². The van der Waals surface area contributed by atoms with E-state index < -0.39 is 0 Å². The van der Waals surface area contributed by atoms with Crippen molar-refractivity contribution < 1.29 is 9.90 Å². The molecule has 4 heteroatoms. The molecule has 0 spiro atoms. The zero-order valence-electron chi connectivity index (χ0n) is 11.2. The number of amides is 1. The lowest BCUT2D eigenvalue weighted by Crippen LogP contribution is -2.42. The number of halogens is 1. The van der Waals surface area contributed by atoms with Crippen LogP contribution in [-0.4, -0.2) is 35.1 Å². The lowest BCUT2D eigenvalue weighted by atomic mass is 10.1. The maximum absolute atomic E-state index is 12.7. The average Bonchev–Trinajstić information content (AvgIpc) is 2.66. The van der Waals surface area contributed by atoms with Gasteiger partial charge in [0.2, 0.25) is 0 Å². The minimum absolute atomic E-state index is 0.0339. The summed E-state index contributed by atoms with van der Waals surface area (Å²) in [5, 5.41) is 9.50. The van der Waals surface area contributed by atoms with E-state index in [1.165, 1.54) is 0 Å². The van der Waals surface area contributed by atoms with Crippen LogP contribution in [0.4, 0.5) is 0 Å². The molecule has 1 fully saturated rings. The SMILES string of the molecule is Cc1c(Br)cccc1C(=O)N1CCCCCC1CO. The van der Waals surface area contributed by atoms with Crippen LogP contribution in [0.3, 0.4) is 0 Å². The van der Waals surface area contributed by atoms with E-state index in [2.05, 4.69) is 15.9 Å². The van der Waals surface area contributed by atoms with E-state index in [9.17, 15) is 9.90 Å². The maximum atomic E-state index is 12.7. The summed E-state index contributed by atoms with van der Waals surface area (Å²) in [7, 11) is 0. The Kier molecular flexibility index (Phi) is 4.99. The first-order valence-electron chi connectivity index (χ1n) is 6.82. The molecule has 0 saturated carbocycles. The molecule has 104 valence electrons. The molecule has 0 aromatic heterocycles. The number of likely N-dealkylation sites (tertiary alicyclic amines) is 1. The van der Waals surface area contributed by atoms with Gasteiger partial charge in [0.15, 0.2) is 0 Å². The van der Waals surface area contributed by atoms with Gasteiger partial charge in [0.25, 0.3) is 5.91 Å². The van der Waals surface area contributed by atoms with Gasteiger partial charge in [-0.3, -0.25) is 4.79 Å². The van der Waals surface area contributed by atoms with Gasteiger partial charge in [-0.05, 0) is 37.5 Å². The van der Waals surface area contributed by atoms with Crippen LogP contribution in [0.5, 0.6) is 0 Å². The van der Waals surface area contributed by atoms with E-state index in [1.807, 2.05) is 30.0 Å². The molecule has 0 bridgehead atoms. The van der Waals surface area contributed by atoms with Crippen molar-refractivity contribution in [1.29, 1.82) is 0 Å². The average molecular weight is 326 g/mol. The van der Waals surface area contributed by atoms with Crippen LogP contribution in [0.1, 0.15) is 41.6 Å². The first-order chi connectivity index (χ1) is 9.15. The van der Waals surface area contributed by atoms with Crippen LogP contribution in [0.25, 0.3) is 0 Å². The highest BCUT2D eigenvalue weighted by atomic mass is 79.9. The van der Waals surface area contributed by atoms with E-state index in [0.717, 1.165) is 47.8 Å². The number of hydrogen-bond acceptors (Lipinski definition) is 2. The summed E-state index contributed by atoms with van der Waals surface area (Å²) in [5.41, 5.74) is 1.70. The zero-order valence-corrected chi connectivity index (χ0v) is 12.8. The first-order valence-corrected chi connectivity index (χ1v) is 7.61. The normalized spacial score (nSPS) is 20.2. The topological polar surface area (TPSA) is 40.5 Å². The Balaban J connectivity index is 2.28. The van der Waals surface area contributed by atoms with E-state index in [1.54, 1.807) is 0 Å². The monoisotopic (exact) mass is 325 g/mol. The molecule has 1 aliphatic rings. The van der Waals surface area contributed by atoms with Gasteiger partial charge in [0, 0.05) is 16.6 Å². The van der Waals surface area contributed by atoms with Gasteiger partial charge in [-0.2, -0.15) is 0 Å². The molecule has 1 saturated heterocycles. The van der Waals surface area contributed by atoms with Gasteiger partial charge in [-0.15, -0.1) is 0 Å². The fourth-order valence-corrected chi connectivity index (χ4v) is 2.99. The fraction of sp³-hybridized carbons (Fsp3) is 0.533. The zero-order chi connectivity index (χ0) is 13.8. The highest BCUT2D eigenvalue weighted by Gasteiger charge is 2.26. The summed E-state index contributed by atoms with van der Waals surface area (Å²) in [6.07, 6.45) is 4.15. The molecule has 1 unspecified atom stereocenters. The fourth-order valence-electron chi connectivity index (χ4n) is 2.63. The molecule has 1 atom stereocenters. The van der Waals surface area contributed by atoms with Crippen molar-refractivity contribution >= 4 is 21.8 Å². The molecule has 2 rings (SSSR count). The molecule has 3 nitrogen and oxygen atoms in total. The lowest BCUT2D eigenvalue weighted by Gasteiger charge is -2.29. The smallest absolute Gasteiger partial charge is 0.254 e. The summed E-state index contributed by atoms with van der Waals surface area (Å²) in [6.45, 7) is 2.75. The molecule has 0 radical (unpaired) electrons. The van der Waals surface area contributed by atoms with Gasteiger partial charge in [0.05, 0.1) is 12.6 Å². The number of hydrogen-bond donors (Lipinski definition) is 1. The van der Waals surface area contributed by atoms with Crippen LogP contribution < -0.4 is 0 Å². The van der Waals surface area contributed by atoms with E-state index in [-0.39, 0.29) is 18.6 Å². The minimum atomic E-state index is -0.0339. The second kappa shape index (κ2) is 6.53. The molecule has 1 N–H and O–H groups in total. The molecule has 19 heavy (non-hydrogen) atoms. The number of benzene rings is 1. The van der Waals surface area contributed by atoms with Crippen molar-refractivity contribution in [2.75, 3.05) is 13.2 Å². The number of aliphatic hydroxyl groups is 1. The summed E-state index contributed by atoms with van der Waals surface area (Å²) in [5.74, 6) is 0.0414. The predicted octanol–water partition coefficient (Wildman–Crippen LogP) is 3.13. The third kappa shape index (κ3) is 3.18. The van der Waals surface area contributed by atoms with Gasteiger partial charge in [-0.1, -0.05) is 34.8 Å². The van der Waals surface area contributed by atoms with Crippen molar-refractivity contribution in [2.45, 2.75) is 38.6 Å². The van der Waals surface area contributed by atoms with Gasteiger partial charge >= 0.3 is 0 Å². The summed E-state index contributed by atoms with van der Waals surface area (Å²) in [4.78, 5) is 14.5. The summed E-state index contributed by atoms with van der Waals surface area (Å²) < 4.78 is 0.953. The number of carbonyl (C=O) groups is 1. The van der Waals surface area contributed by atoms with E-state index in [0.29, 0.717) is 0 Å². The molecule has 1 aliphatic heterocycles. The standard InChI is InChI=1S/C15H20BrNO2/c1-11-13(7-5-8-14(11)16)15(19)17-9-4-2-3-6-12(17)10-18/h5,7-8,12,18H,2-4,6,9-10H2,1H3. The van der Waals surface area contributed by atoms with Gasteiger partial charge in [-0.25, -0.2) is 0 Å². The van der Waals surface area contributed by atoms with Crippen LogP contribution in [0, 0.1) is 6.92 Å². The van der Waals surface area contributed by atoms with E-state index in [4.69, 9.17) is 0 Å². The van der Waals surface area contributed by atoms with Crippen LogP contribution >= 0.6 is 15.9 Å². The molecule has 1 amide bonds. The van der Waals surface area contributed by atoms with Crippen molar-refractivity contribution in [3.05, 3.63) is 33.8 Å². The van der Waals surface area contributed by atoms with Crippen molar-refractivity contribution in [3.63, 3.8) is 0 Å². The Morgan fingerprint density at radius 2 is 2.21 bits per heavy atom. The number of nitrogens with zero attached hydrogens (tertiary/aromatic N) is 1. The van der Waals surface area contributed by atoms with Gasteiger partial charge < -0.3 is 10.0 Å². The minimum Gasteiger partial charge on any atom is -0.394 e. The molecule has 1 aromatic rings. The number of aliphatic hydroxyl groups excluding tert-OH is 1. The third-order valence-electron chi connectivity index (χ3n) is 3.85. The Morgan fingerprint density at radius 1 is 1.42 bits per heavy atom. The number of carbonyl (C=O) groups excluding carboxylic acids is 1. The van der Waals surface area contributed by atoms with E-state index >= 15 is 0 Å². The van der Waals surface area contributed by atoms with Crippen LogP contribution in [0.15, 0.2) is 22.7 Å². The Hall–Kier alpha value is -0.870. The highest BCUT2D eigenvalue weighted by Crippen LogP contribution is 2.24. The first kappa shape index (κ1) is 14.5. The quantitative estimate of drug-likeness (QED) is 0.907. The summed E-state index contributed by atoms with van der Waals surface area (Å²) >= 11 is 3.47. The lowest BCUT2D eigenvalue weighted by molar-refractivity contribution is 0.0599. The second-order valence-electron chi connectivity index (χ2n) is 5.10. The molecule has 1 aromatic carbocycles. The number of rotatable bonds is 2. The van der Waals surface area contributed by atoms with Crippen molar-refractivity contribution in [2.24, 2.45) is 0 Å². The third-order valence-corrected chi connectivity index (χ3v) is 4.71. The predicted molar refractivity (Wildman–Crippen MR) is 79.3 cm³/mol. The molecule has 0 aliphatic carbocycles. The van der Waals surface area contributed by atoms with Crippen LogP contribution in [-0.2, 0) is 0 Å².